The molecule has 0 spiro atoms. The van der Waals surface area contributed by atoms with Gasteiger partial charge in [0.05, 0.1) is 0 Å². The van der Waals surface area contributed by atoms with E-state index in [0.717, 1.165) is 17.9 Å². The van der Waals surface area contributed by atoms with Crippen molar-refractivity contribution in [3.05, 3.63) is 0 Å². The van der Waals surface area contributed by atoms with E-state index in [2.05, 4.69) is 24.4 Å². The van der Waals surface area contributed by atoms with Crippen LogP contribution in [0, 0.1) is 0 Å². The van der Waals surface area contributed by atoms with Gasteiger partial charge in [-0.25, -0.2) is 0 Å². The summed E-state index contributed by atoms with van der Waals surface area (Å²) in [5.74, 6) is 1.90. The van der Waals surface area contributed by atoms with Crippen LogP contribution < -0.4 is 11.5 Å². The zero-order valence-corrected chi connectivity index (χ0v) is 9.18. The van der Waals surface area contributed by atoms with Crippen LogP contribution in [0.25, 0.3) is 0 Å². The van der Waals surface area contributed by atoms with Crippen molar-refractivity contribution in [3.8, 4) is 0 Å². The molecule has 0 radical (unpaired) electrons. The number of rotatable bonds is 4. The normalized spacial score (nSPS) is 9.45. The largest absolute Gasteiger partial charge is 0.385 e. The SMILES string of the molecule is NC(=S)SCCCSC(N)=S. The maximum absolute atomic E-state index is 5.27. The highest BCUT2D eigenvalue weighted by molar-refractivity contribution is 8.23. The molecular formula is C5H10N2S4. The highest BCUT2D eigenvalue weighted by Gasteiger charge is 1.93. The van der Waals surface area contributed by atoms with Crippen molar-refractivity contribution >= 4 is 56.6 Å². The average molecular weight is 226 g/mol. The van der Waals surface area contributed by atoms with E-state index in [9.17, 15) is 0 Å². The summed E-state index contributed by atoms with van der Waals surface area (Å²) in [7, 11) is 0. The predicted octanol–water partition coefficient (Wildman–Crippen LogP) is 1.33. The molecule has 11 heavy (non-hydrogen) atoms. The molecule has 0 amide bonds. The molecular weight excluding hydrogens is 216 g/mol. The number of thiocarbonyl (C=S) groups is 2. The molecule has 0 unspecified atom stereocenters. The number of hydrogen-bond acceptors (Lipinski definition) is 4. The van der Waals surface area contributed by atoms with Crippen LogP contribution in [0.4, 0.5) is 0 Å². The number of thioether (sulfide) groups is 2. The van der Waals surface area contributed by atoms with Gasteiger partial charge in [0.2, 0.25) is 0 Å². The Morgan fingerprint density at radius 3 is 1.64 bits per heavy atom. The molecule has 6 heteroatoms. The Morgan fingerprint density at radius 1 is 1.00 bits per heavy atom. The van der Waals surface area contributed by atoms with E-state index in [0.29, 0.717) is 8.64 Å². The lowest BCUT2D eigenvalue weighted by molar-refractivity contribution is 1.13. The molecule has 2 nitrogen and oxygen atoms in total. The smallest absolute Gasteiger partial charge is 0.131 e. The van der Waals surface area contributed by atoms with Crippen molar-refractivity contribution in [1.29, 1.82) is 0 Å². The van der Waals surface area contributed by atoms with Gasteiger partial charge in [0.25, 0.3) is 0 Å². The molecule has 64 valence electrons. The molecule has 0 aliphatic rings. The minimum absolute atomic E-state index is 0.505. The van der Waals surface area contributed by atoms with Crippen LogP contribution >= 0.6 is 48.0 Å². The fourth-order valence-corrected chi connectivity index (χ4v) is 2.07. The highest BCUT2D eigenvalue weighted by atomic mass is 32.2. The third-order valence-corrected chi connectivity index (χ3v) is 3.04. The Labute approximate surface area is 85.8 Å². The van der Waals surface area contributed by atoms with E-state index in [4.69, 9.17) is 11.5 Å². The van der Waals surface area contributed by atoms with Gasteiger partial charge >= 0.3 is 0 Å². The zero-order valence-electron chi connectivity index (χ0n) is 5.91. The zero-order chi connectivity index (χ0) is 8.69. The predicted molar refractivity (Wildman–Crippen MR) is 63.1 cm³/mol. The summed E-state index contributed by atoms with van der Waals surface area (Å²) in [6.07, 6.45) is 1.03. The van der Waals surface area contributed by atoms with Gasteiger partial charge in [-0.05, 0) is 6.42 Å². The Kier molecular flexibility index (Phi) is 7.46. The minimum Gasteiger partial charge on any atom is -0.385 e. The van der Waals surface area contributed by atoms with Crippen molar-refractivity contribution < 1.29 is 0 Å². The molecule has 0 aromatic heterocycles. The molecule has 0 rings (SSSR count). The van der Waals surface area contributed by atoms with Crippen molar-refractivity contribution in [1.82, 2.24) is 0 Å². The van der Waals surface area contributed by atoms with Gasteiger partial charge in [-0.15, -0.1) is 0 Å². The Hall–Kier alpha value is 0.480. The van der Waals surface area contributed by atoms with Crippen LogP contribution in [0.5, 0.6) is 0 Å². The van der Waals surface area contributed by atoms with Crippen molar-refractivity contribution in [2.24, 2.45) is 11.5 Å². The van der Waals surface area contributed by atoms with Gasteiger partial charge < -0.3 is 11.5 Å². The summed E-state index contributed by atoms with van der Waals surface area (Å²) in [4.78, 5) is 0. The Bertz CT molecular complexity index is 131. The average Bonchev–Trinajstić information content (AvgIpc) is 1.85. The molecule has 0 aliphatic carbocycles. The molecule has 0 saturated carbocycles. The van der Waals surface area contributed by atoms with E-state index in [-0.39, 0.29) is 0 Å². The van der Waals surface area contributed by atoms with Gasteiger partial charge in [0, 0.05) is 11.5 Å². The topological polar surface area (TPSA) is 52.0 Å². The first-order valence-corrected chi connectivity index (χ1v) is 5.76. The van der Waals surface area contributed by atoms with Gasteiger partial charge in [-0.3, -0.25) is 0 Å². The highest BCUT2D eigenvalue weighted by Crippen LogP contribution is 2.07. The quantitative estimate of drug-likeness (QED) is 0.557. The summed E-state index contributed by atoms with van der Waals surface area (Å²) < 4.78 is 1.01. The van der Waals surface area contributed by atoms with E-state index in [1.807, 2.05) is 0 Å². The lowest BCUT2D eigenvalue weighted by Gasteiger charge is -1.97. The first-order chi connectivity index (χ1) is 5.13. The number of nitrogens with two attached hydrogens (primary N) is 2. The van der Waals surface area contributed by atoms with Crippen LogP contribution in [0.1, 0.15) is 6.42 Å². The second kappa shape index (κ2) is 7.15. The molecule has 0 aromatic rings. The fraction of sp³-hybridized carbons (Fsp3) is 0.600. The molecule has 0 atom stereocenters. The summed E-state index contributed by atoms with van der Waals surface area (Å²) in [6, 6.07) is 0. The molecule has 0 saturated heterocycles. The van der Waals surface area contributed by atoms with E-state index < -0.39 is 0 Å². The Morgan fingerprint density at radius 2 is 1.36 bits per heavy atom. The summed E-state index contributed by atoms with van der Waals surface area (Å²) >= 11 is 12.3. The third-order valence-electron chi connectivity index (χ3n) is 0.777. The molecule has 0 heterocycles. The van der Waals surface area contributed by atoms with Gasteiger partial charge in [-0.1, -0.05) is 48.0 Å². The Balaban J connectivity index is 3.03. The lowest BCUT2D eigenvalue weighted by atomic mass is 10.6. The maximum atomic E-state index is 5.27. The molecule has 0 fully saturated rings. The van der Waals surface area contributed by atoms with E-state index in [1.165, 1.54) is 23.5 Å². The standard InChI is InChI=1S/C5H10N2S4/c6-4(8)10-2-1-3-11-5(7)9/h1-3H2,(H2,6,8)(H2,7,9). The van der Waals surface area contributed by atoms with E-state index in [1.54, 1.807) is 0 Å². The van der Waals surface area contributed by atoms with Crippen LogP contribution in [0.3, 0.4) is 0 Å². The first kappa shape index (κ1) is 11.5. The van der Waals surface area contributed by atoms with Gasteiger partial charge in [-0.2, -0.15) is 0 Å². The second-order valence-corrected chi connectivity index (χ2v) is 5.36. The first-order valence-electron chi connectivity index (χ1n) is 2.97. The van der Waals surface area contributed by atoms with Crippen molar-refractivity contribution in [3.63, 3.8) is 0 Å². The second-order valence-electron chi connectivity index (χ2n) is 1.69. The maximum Gasteiger partial charge on any atom is 0.131 e. The lowest BCUT2D eigenvalue weighted by Crippen LogP contribution is -2.05. The monoisotopic (exact) mass is 226 g/mol. The molecule has 0 aromatic carbocycles. The molecule has 0 bridgehead atoms. The van der Waals surface area contributed by atoms with Crippen LogP contribution in [0.15, 0.2) is 0 Å². The molecule has 4 N–H and O–H groups in total. The van der Waals surface area contributed by atoms with E-state index >= 15 is 0 Å². The van der Waals surface area contributed by atoms with Gasteiger partial charge in [0.15, 0.2) is 0 Å². The van der Waals surface area contributed by atoms with Crippen LogP contribution in [-0.4, -0.2) is 20.1 Å². The fourth-order valence-electron chi connectivity index (χ4n) is 0.404. The van der Waals surface area contributed by atoms with Crippen molar-refractivity contribution in [2.45, 2.75) is 6.42 Å². The summed E-state index contributed by atoms with van der Waals surface area (Å²) in [5, 5.41) is 0. The number of hydrogen-bond donors (Lipinski definition) is 2. The van der Waals surface area contributed by atoms with Gasteiger partial charge in [0.1, 0.15) is 8.64 Å². The van der Waals surface area contributed by atoms with Crippen molar-refractivity contribution in [2.75, 3.05) is 11.5 Å². The minimum atomic E-state index is 0.505. The molecule has 0 aliphatic heterocycles. The summed E-state index contributed by atoms with van der Waals surface area (Å²) in [5.41, 5.74) is 10.5. The third kappa shape index (κ3) is 10.5. The summed E-state index contributed by atoms with van der Waals surface area (Å²) in [6.45, 7) is 0. The van der Waals surface area contributed by atoms with Crippen LogP contribution in [0.2, 0.25) is 0 Å². The van der Waals surface area contributed by atoms with Crippen LogP contribution in [-0.2, 0) is 0 Å².